The van der Waals surface area contributed by atoms with E-state index in [-0.39, 0.29) is 53.0 Å². The van der Waals surface area contributed by atoms with Crippen molar-refractivity contribution in [3.05, 3.63) is 87.2 Å². The molecule has 330 valence electrons. The molecular weight excluding hydrogens is 830 g/mol. The van der Waals surface area contributed by atoms with E-state index in [1.807, 2.05) is 29.2 Å². The van der Waals surface area contributed by atoms with Gasteiger partial charge in [-0.3, -0.25) is 39.1 Å². The van der Waals surface area contributed by atoms with E-state index in [0.29, 0.717) is 57.2 Å². The maximum Gasteiger partial charge on any atom is 0.262 e. The molecule has 1 spiro atoms. The van der Waals surface area contributed by atoms with E-state index in [2.05, 4.69) is 60.7 Å². The van der Waals surface area contributed by atoms with Gasteiger partial charge in [0.05, 0.1) is 39.5 Å². The monoisotopic (exact) mass is 881 g/mol. The molecule has 2 saturated carbocycles. The minimum atomic E-state index is -0.975. The smallest absolute Gasteiger partial charge is 0.262 e. The third-order valence-corrected chi connectivity index (χ3v) is 15.8. The molecule has 5 aliphatic heterocycles. The highest BCUT2D eigenvalue weighted by atomic mass is 35.5. The minimum Gasteiger partial charge on any atom is -0.489 e. The van der Waals surface area contributed by atoms with Gasteiger partial charge >= 0.3 is 0 Å². The fourth-order valence-electron chi connectivity index (χ4n) is 12.7. The van der Waals surface area contributed by atoms with Gasteiger partial charge in [-0.05, 0) is 99.9 Å². The second-order valence-electron chi connectivity index (χ2n) is 20.3. The maximum absolute atomic E-state index is 13.8. The Labute approximate surface area is 378 Å². The average molecular weight is 882 g/mol. The molecule has 0 radical (unpaired) electrons. The summed E-state index contributed by atoms with van der Waals surface area (Å²) >= 11 is 6.30. The Morgan fingerprint density at radius 2 is 1.56 bits per heavy atom. The molecule has 2 unspecified atom stereocenters. The van der Waals surface area contributed by atoms with Gasteiger partial charge in [0.2, 0.25) is 11.8 Å². The van der Waals surface area contributed by atoms with Gasteiger partial charge in [0.25, 0.3) is 17.7 Å². The number of carbonyl (C=O) groups is 5. The van der Waals surface area contributed by atoms with Gasteiger partial charge < -0.3 is 14.5 Å². The first kappa shape index (κ1) is 42.2. The number of imide groups is 2. The van der Waals surface area contributed by atoms with Crippen molar-refractivity contribution in [2.75, 3.05) is 31.1 Å². The Morgan fingerprint density at radius 1 is 0.828 bits per heavy atom. The second kappa shape index (κ2) is 15.5. The summed E-state index contributed by atoms with van der Waals surface area (Å²) in [6, 6.07) is 15.9. The number of anilines is 1. The molecule has 1 aromatic heterocycles. The van der Waals surface area contributed by atoms with Crippen LogP contribution in [0.5, 0.6) is 5.75 Å². The number of hydrogen-bond donors (Lipinski definition) is 1. The van der Waals surface area contributed by atoms with Gasteiger partial charge in [-0.25, -0.2) is 4.98 Å². The number of rotatable bonds is 6. The zero-order chi connectivity index (χ0) is 44.9. The van der Waals surface area contributed by atoms with E-state index in [9.17, 15) is 29.2 Å². The number of nitriles is 1. The summed E-state index contributed by atoms with van der Waals surface area (Å²) in [5.41, 5.74) is 3.48. The summed E-state index contributed by atoms with van der Waals surface area (Å²) in [7, 11) is 0. The van der Waals surface area contributed by atoms with Crippen LogP contribution in [0.2, 0.25) is 5.02 Å². The lowest BCUT2D eigenvalue weighted by Gasteiger charge is -2.65. The topological polar surface area (TPSA) is 156 Å². The van der Waals surface area contributed by atoms with Gasteiger partial charge in [-0.1, -0.05) is 45.2 Å². The molecule has 14 heteroatoms. The maximum atomic E-state index is 13.8. The molecule has 6 heterocycles. The van der Waals surface area contributed by atoms with Crippen LogP contribution in [0.3, 0.4) is 0 Å². The van der Waals surface area contributed by atoms with Crippen LogP contribution in [0.1, 0.15) is 127 Å². The van der Waals surface area contributed by atoms with Gasteiger partial charge in [0.1, 0.15) is 29.7 Å². The van der Waals surface area contributed by atoms with Gasteiger partial charge in [-0.2, -0.15) is 5.26 Å². The Bertz CT molecular complexity index is 2620. The van der Waals surface area contributed by atoms with Crippen LogP contribution in [0.15, 0.2) is 48.5 Å². The van der Waals surface area contributed by atoms with Crippen LogP contribution in [0, 0.1) is 45.3 Å². The van der Waals surface area contributed by atoms with Crippen molar-refractivity contribution < 1.29 is 28.7 Å². The fraction of sp³-hybridized carbons (Fsp3) is 0.500. The van der Waals surface area contributed by atoms with Crippen LogP contribution in [-0.4, -0.2) is 99.6 Å². The van der Waals surface area contributed by atoms with Crippen LogP contribution >= 0.6 is 11.6 Å². The summed E-state index contributed by atoms with van der Waals surface area (Å²) in [6.45, 7) is 12.8. The van der Waals surface area contributed by atoms with Crippen molar-refractivity contribution in [3.63, 3.8) is 0 Å². The van der Waals surface area contributed by atoms with E-state index in [4.69, 9.17) is 21.3 Å². The zero-order valence-electron chi connectivity index (χ0n) is 36.7. The number of benzene rings is 2. The zero-order valence-corrected chi connectivity index (χ0v) is 37.5. The number of amides is 5. The molecule has 3 aromatic rings. The molecule has 5 amide bonds. The summed E-state index contributed by atoms with van der Waals surface area (Å²) in [5, 5.41) is 11.9. The summed E-state index contributed by atoms with van der Waals surface area (Å²) in [5.74, 6) is 5.83. The minimum absolute atomic E-state index is 0.0159. The van der Waals surface area contributed by atoms with Crippen molar-refractivity contribution in [1.82, 2.24) is 25.0 Å². The number of nitrogens with one attached hydrogen (secondary N) is 1. The average Bonchev–Trinajstić information content (AvgIpc) is 4.03. The first-order chi connectivity index (χ1) is 30.6. The molecular formula is C50H52ClN7O6. The van der Waals surface area contributed by atoms with Crippen molar-refractivity contribution in [2.45, 2.75) is 110 Å². The summed E-state index contributed by atoms with van der Waals surface area (Å²) < 4.78 is 6.48. The lowest BCUT2D eigenvalue weighted by molar-refractivity contribution is -0.199. The number of fused-ring (bicyclic) bond motifs is 2. The fourth-order valence-corrected chi connectivity index (χ4v) is 12.9. The number of ether oxygens (including phenoxy) is 1. The highest BCUT2D eigenvalue weighted by Crippen LogP contribution is 2.59. The van der Waals surface area contributed by atoms with Gasteiger partial charge in [-0.15, -0.1) is 0 Å². The van der Waals surface area contributed by atoms with E-state index >= 15 is 0 Å². The molecule has 64 heavy (non-hydrogen) atoms. The van der Waals surface area contributed by atoms with Crippen molar-refractivity contribution in [1.29, 1.82) is 5.26 Å². The quantitative estimate of drug-likeness (QED) is 0.219. The van der Waals surface area contributed by atoms with Crippen LogP contribution in [-0.2, 0) is 16.1 Å². The number of likely N-dealkylation sites (tertiary alicyclic amines) is 1. The molecule has 2 aliphatic carbocycles. The largest absolute Gasteiger partial charge is 0.489 e. The number of halogens is 1. The Kier molecular flexibility index (Phi) is 10.2. The van der Waals surface area contributed by atoms with Crippen LogP contribution < -0.4 is 15.0 Å². The number of carbonyl (C=O) groups excluding carboxylic acids is 5. The Hall–Kier alpha value is -5.76. The third-order valence-electron chi connectivity index (χ3n) is 15.5. The van der Waals surface area contributed by atoms with Crippen LogP contribution in [0.25, 0.3) is 0 Å². The second-order valence-corrected chi connectivity index (χ2v) is 20.7. The molecule has 13 nitrogen and oxygen atoms in total. The van der Waals surface area contributed by atoms with Crippen LogP contribution in [0.4, 0.5) is 5.69 Å². The van der Waals surface area contributed by atoms with E-state index in [0.717, 1.165) is 81.0 Å². The van der Waals surface area contributed by atoms with Crippen molar-refractivity contribution in [2.24, 2.45) is 22.2 Å². The molecule has 10 rings (SSSR count). The lowest BCUT2D eigenvalue weighted by atomic mass is 9.49. The van der Waals surface area contributed by atoms with Gasteiger partial charge in [0, 0.05) is 72.1 Å². The summed E-state index contributed by atoms with van der Waals surface area (Å²) in [4.78, 5) is 77.7. The normalized spacial score (nSPS) is 29.3. The lowest BCUT2D eigenvalue weighted by Crippen LogP contribution is -2.74. The number of hydrogen-bond acceptors (Lipinski definition) is 10. The van der Waals surface area contributed by atoms with Crippen molar-refractivity contribution >= 4 is 46.8 Å². The molecule has 2 atom stereocenters. The molecule has 7 aliphatic rings. The molecule has 3 saturated heterocycles. The SMILES string of the molecule is CC1(C)[C@H](Oc2ccc(C#N)c(Cl)c2)C(C)(C)[C@H]1N1Cc2nc(C#CC3CCC(N4CCC5(CCN(c6ccc7c(c6)C(=O)N(C6CCC(=O)NC6=O)C7=O)C5)C4)CC3)ccc2C1=O. The Morgan fingerprint density at radius 3 is 2.30 bits per heavy atom. The third kappa shape index (κ3) is 6.94. The predicted octanol–water partition coefficient (Wildman–Crippen LogP) is 6.36. The van der Waals surface area contributed by atoms with E-state index in [1.54, 1.807) is 24.3 Å². The van der Waals surface area contributed by atoms with Gasteiger partial charge in [0.15, 0.2) is 0 Å². The highest BCUT2D eigenvalue weighted by molar-refractivity contribution is 6.31. The van der Waals surface area contributed by atoms with Crippen molar-refractivity contribution in [3.8, 4) is 23.7 Å². The first-order valence-corrected chi connectivity index (χ1v) is 23.0. The Balaban J connectivity index is 0.723. The number of piperidine rings is 1. The highest BCUT2D eigenvalue weighted by Gasteiger charge is 2.67. The standard InChI is InChI=1S/C50H52ClN7O6/c1-48(2)46(49(3,4)47(48)64-34-14-8-30(25-52)38(51)24-34)57-26-39-36(43(57)61)15-10-31(53-39)9-5-29-6-11-32(12-7-29)55-21-19-50(27-55)20-22-56(28-50)33-13-16-35-37(23-33)45(63)58(44(35)62)40-17-18-41(59)54-42(40)60/h8,10,13-16,23-24,29,32,40,46-47H,6-7,11-12,17-22,26-28H2,1-4H3,(H,54,59,60)/t29?,32?,40?,46-,47-,50?. The summed E-state index contributed by atoms with van der Waals surface area (Å²) in [6.07, 6.45) is 6.49. The first-order valence-electron chi connectivity index (χ1n) is 22.6. The van der Waals surface area contributed by atoms with E-state index < -0.39 is 23.8 Å². The molecule has 2 aromatic carbocycles. The number of aromatic nitrogens is 1. The number of pyridine rings is 1. The molecule has 1 N–H and O–H groups in total. The number of nitrogens with zero attached hydrogens (tertiary/aromatic N) is 6. The predicted molar refractivity (Wildman–Crippen MR) is 237 cm³/mol. The molecule has 5 fully saturated rings. The molecule has 0 bridgehead atoms. The van der Waals surface area contributed by atoms with E-state index in [1.165, 1.54) is 0 Å².